The van der Waals surface area contributed by atoms with E-state index in [1.807, 2.05) is 40.0 Å². The van der Waals surface area contributed by atoms with Crippen LogP contribution in [0.2, 0.25) is 0 Å². The molecule has 5 aliphatic rings. The number of carbonyl (C=O) groups excluding carboxylic acids is 4. The number of aromatic amines is 1. The van der Waals surface area contributed by atoms with Crippen LogP contribution in [0, 0.1) is 11.8 Å². The topological polar surface area (TPSA) is 217 Å². The predicted octanol–water partition coefficient (Wildman–Crippen LogP) is 7.49. The maximum absolute atomic E-state index is 14.1. The van der Waals surface area contributed by atoms with Crippen molar-refractivity contribution in [1.82, 2.24) is 35.4 Å². The summed E-state index contributed by atoms with van der Waals surface area (Å²) in [6, 6.07) is 11.3. The number of ether oxygens (including phenoxy) is 2. The molecule has 68 heavy (non-hydrogen) atoms. The highest BCUT2D eigenvalue weighted by Crippen LogP contribution is 2.55. The van der Waals surface area contributed by atoms with Crippen LogP contribution in [0.3, 0.4) is 0 Å². The van der Waals surface area contributed by atoms with Gasteiger partial charge in [-0.2, -0.15) is 8.42 Å². The molecule has 5 heterocycles. The molecule has 2 aromatic carbocycles. The van der Waals surface area contributed by atoms with E-state index >= 15 is 0 Å². The number of alkyl carbamates (subject to hydrolysis) is 2. The summed E-state index contributed by atoms with van der Waals surface area (Å²) in [5.41, 5.74) is 8.20. The van der Waals surface area contributed by atoms with Crippen LogP contribution in [0.4, 0.5) is 15.3 Å². The molecule has 360 valence electrons. The van der Waals surface area contributed by atoms with Crippen LogP contribution in [0.5, 0.6) is 0 Å². The Morgan fingerprint density at radius 3 is 1.96 bits per heavy atom. The van der Waals surface area contributed by atoms with Gasteiger partial charge in [0.2, 0.25) is 11.8 Å². The fourth-order valence-electron chi connectivity index (χ4n) is 11.2. The van der Waals surface area contributed by atoms with Crippen molar-refractivity contribution in [3.63, 3.8) is 0 Å². The Bertz CT molecular complexity index is 2760. The molecule has 3 fully saturated rings. The smallest absolute Gasteiger partial charge is 0.407 e. The van der Waals surface area contributed by atoms with E-state index in [-0.39, 0.29) is 45.8 Å². The summed E-state index contributed by atoms with van der Waals surface area (Å²) in [6.45, 7) is 8.42. The first-order valence-electron chi connectivity index (χ1n) is 23.9. The fourth-order valence-corrected chi connectivity index (χ4v) is 12.4. The monoisotopic (exact) mass is 947 g/mol. The number of anilines is 1. The van der Waals surface area contributed by atoms with Crippen LogP contribution in [0.1, 0.15) is 108 Å². The molecule has 4 aromatic rings. The Balaban J connectivity index is 0.972. The summed E-state index contributed by atoms with van der Waals surface area (Å²) >= 11 is 0. The minimum Gasteiger partial charge on any atom is -0.453 e. The Hall–Kier alpha value is -6.30. The van der Waals surface area contributed by atoms with Crippen molar-refractivity contribution >= 4 is 45.5 Å². The van der Waals surface area contributed by atoms with E-state index in [9.17, 15) is 27.6 Å². The zero-order valence-corrected chi connectivity index (χ0v) is 40.4. The third-order valence-corrected chi connectivity index (χ3v) is 16.1. The predicted molar refractivity (Wildman–Crippen MR) is 256 cm³/mol. The van der Waals surface area contributed by atoms with Crippen molar-refractivity contribution in [3.05, 3.63) is 71.8 Å². The standard InChI is InChI=1S/C50H61N9O8S/c1-28(2)41(55-48(62)66-5)46(60)58-23-9-11-37(58)44-52-27-36(54-44)30-13-15-31(16-14-30)43-40-33(19-22-50(40)20-7-8-21-50)34(26-51-43)32-17-18-35-39(25-32)68(64,65)57-45(53-35)38-12-10-24-59(38)47(61)42(29(3)4)56-49(63)67-6/h13-18,25-29,37-38,41-42H,7-12,19-24H2,1-6H3,(H,52,54)(H,53,57)(H,55,62)(H,56,63)/t37?,38-,41-,42-/m0/s1. The maximum Gasteiger partial charge on any atom is 0.407 e. The molecule has 1 unspecified atom stereocenters. The minimum absolute atomic E-state index is 0.0112. The number of nitrogens with zero attached hydrogens (tertiary/aromatic N) is 5. The maximum atomic E-state index is 14.1. The highest BCUT2D eigenvalue weighted by Gasteiger charge is 2.45. The number of hydrogen-bond donors (Lipinski definition) is 4. The molecule has 9 rings (SSSR count). The van der Waals surface area contributed by atoms with Gasteiger partial charge < -0.3 is 40.2 Å². The van der Waals surface area contributed by atoms with Crippen LogP contribution in [-0.4, -0.2) is 108 Å². The molecule has 4 N–H and O–H groups in total. The number of fused-ring (bicyclic) bond motifs is 3. The molecule has 4 amide bonds. The van der Waals surface area contributed by atoms with Gasteiger partial charge >= 0.3 is 12.2 Å². The lowest BCUT2D eigenvalue weighted by Gasteiger charge is -2.32. The number of benzene rings is 2. The average Bonchev–Trinajstić information content (AvgIpc) is 4.20. The van der Waals surface area contributed by atoms with Gasteiger partial charge in [-0.3, -0.25) is 14.6 Å². The van der Waals surface area contributed by atoms with Crippen molar-refractivity contribution in [2.45, 2.75) is 126 Å². The Morgan fingerprint density at radius 2 is 1.34 bits per heavy atom. The molecular weight excluding hydrogens is 887 g/mol. The number of amidine groups is 1. The Labute approximate surface area is 397 Å². The number of methoxy groups -OCH3 is 2. The first-order chi connectivity index (χ1) is 32.6. The van der Waals surface area contributed by atoms with Crippen LogP contribution < -0.4 is 16.0 Å². The molecule has 2 aliphatic carbocycles. The van der Waals surface area contributed by atoms with Crippen LogP contribution >= 0.6 is 0 Å². The summed E-state index contributed by atoms with van der Waals surface area (Å²) in [5.74, 6) is 0.0404. The van der Waals surface area contributed by atoms with Crippen molar-refractivity contribution < 1.29 is 37.1 Å². The number of likely N-dealkylation sites (tertiary alicyclic amines) is 2. The number of pyridine rings is 1. The van der Waals surface area contributed by atoms with Gasteiger partial charge in [-0.1, -0.05) is 70.9 Å². The van der Waals surface area contributed by atoms with E-state index in [1.54, 1.807) is 28.1 Å². The summed E-state index contributed by atoms with van der Waals surface area (Å²) in [4.78, 5) is 68.6. The number of rotatable bonds is 11. The van der Waals surface area contributed by atoms with E-state index in [2.05, 4.69) is 49.6 Å². The van der Waals surface area contributed by atoms with Crippen LogP contribution in [-0.2, 0) is 40.9 Å². The summed E-state index contributed by atoms with van der Waals surface area (Å²) in [7, 11) is -1.64. The number of hydrogen-bond acceptors (Lipinski definition) is 11. The molecule has 0 bridgehead atoms. The second-order valence-corrected chi connectivity index (χ2v) is 21.1. The van der Waals surface area contributed by atoms with Gasteiger partial charge in [0.15, 0.2) is 0 Å². The zero-order chi connectivity index (χ0) is 48.1. The lowest BCUT2D eigenvalue weighted by Crippen LogP contribution is -2.54. The summed E-state index contributed by atoms with van der Waals surface area (Å²) in [5, 5.41) is 8.61. The number of amides is 4. The molecule has 2 aromatic heterocycles. The molecule has 2 saturated heterocycles. The van der Waals surface area contributed by atoms with Gasteiger partial charge in [-0.05, 0) is 103 Å². The van der Waals surface area contributed by atoms with E-state index in [0.29, 0.717) is 37.4 Å². The van der Waals surface area contributed by atoms with E-state index in [4.69, 9.17) is 19.4 Å². The number of nitrogens with one attached hydrogen (secondary N) is 4. The van der Waals surface area contributed by atoms with Gasteiger partial charge in [0, 0.05) is 30.4 Å². The van der Waals surface area contributed by atoms with Gasteiger partial charge in [-0.15, -0.1) is 4.40 Å². The molecule has 3 aliphatic heterocycles. The van der Waals surface area contributed by atoms with E-state index in [1.165, 1.54) is 25.3 Å². The SMILES string of the molecule is COC(=O)N[C@H](C(=O)N1CCCC1c1ncc(-c2ccc(-c3ncc(-c4ccc5c(c4)S(=O)(=O)N=C([C@@H]4CCCN4C(=O)[C@@H](NC(=O)OC)C(C)C)N5)c4c3C3(CCCC3)CC4)cc2)[nH]1)C(C)C. The number of imidazole rings is 1. The molecule has 0 radical (unpaired) electrons. The number of sulfonamides is 1. The zero-order valence-electron chi connectivity index (χ0n) is 39.6. The third-order valence-electron chi connectivity index (χ3n) is 14.7. The van der Waals surface area contributed by atoms with Crippen LogP contribution in [0.15, 0.2) is 64.2 Å². The second kappa shape index (κ2) is 18.7. The van der Waals surface area contributed by atoms with Crippen LogP contribution in [0.25, 0.3) is 33.6 Å². The molecule has 1 spiro atoms. The lowest BCUT2D eigenvalue weighted by molar-refractivity contribution is -0.135. The van der Waals surface area contributed by atoms with Crippen molar-refractivity contribution in [2.75, 3.05) is 32.6 Å². The van der Waals surface area contributed by atoms with Crippen molar-refractivity contribution in [2.24, 2.45) is 16.2 Å². The summed E-state index contributed by atoms with van der Waals surface area (Å²) < 4.78 is 42.0. The van der Waals surface area contributed by atoms with E-state index in [0.717, 1.165) is 85.0 Å². The first-order valence-corrected chi connectivity index (χ1v) is 25.3. The van der Waals surface area contributed by atoms with Crippen molar-refractivity contribution in [3.8, 4) is 33.6 Å². The van der Waals surface area contributed by atoms with Gasteiger partial charge in [0.1, 0.15) is 28.6 Å². The van der Waals surface area contributed by atoms with Gasteiger partial charge in [-0.25, -0.2) is 14.6 Å². The molecule has 4 atom stereocenters. The average molecular weight is 948 g/mol. The summed E-state index contributed by atoms with van der Waals surface area (Å²) in [6.07, 6.45) is 11.4. The highest BCUT2D eigenvalue weighted by molar-refractivity contribution is 7.90. The van der Waals surface area contributed by atoms with E-state index < -0.39 is 40.3 Å². The minimum atomic E-state index is -4.17. The van der Waals surface area contributed by atoms with Crippen molar-refractivity contribution in [1.29, 1.82) is 0 Å². The van der Waals surface area contributed by atoms with Gasteiger partial charge in [0.05, 0.1) is 49.6 Å². The normalized spacial score (nSPS) is 21.0. The fraction of sp³-hybridized carbons (Fsp3) is 0.500. The first kappa shape index (κ1) is 46.8. The Kier molecular flexibility index (Phi) is 12.8. The largest absolute Gasteiger partial charge is 0.453 e. The highest BCUT2D eigenvalue weighted by atomic mass is 32.2. The Morgan fingerprint density at radius 1 is 0.750 bits per heavy atom. The molecular formula is C50H61N9O8S. The second-order valence-electron chi connectivity index (χ2n) is 19.5. The number of carbonyl (C=O) groups is 4. The number of H-pyrrole nitrogens is 1. The third kappa shape index (κ3) is 8.60. The molecule has 17 nitrogen and oxygen atoms in total. The number of aromatic nitrogens is 3. The lowest BCUT2D eigenvalue weighted by atomic mass is 9.78. The molecule has 1 saturated carbocycles. The molecule has 18 heteroatoms. The quantitative estimate of drug-likeness (QED) is 0.115. The van der Waals surface area contributed by atoms with Gasteiger partial charge in [0.25, 0.3) is 10.0 Å².